The first kappa shape index (κ1) is 25.8. The van der Waals surface area contributed by atoms with E-state index in [2.05, 4.69) is 15.8 Å². The molecule has 0 spiro atoms. The van der Waals surface area contributed by atoms with Crippen molar-refractivity contribution in [1.29, 1.82) is 0 Å². The van der Waals surface area contributed by atoms with Crippen molar-refractivity contribution < 1.29 is 33.3 Å². The lowest BCUT2D eigenvalue weighted by Gasteiger charge is -2.11. The normalized spacial score (nSPS) is 10.4. The van der Waals surface area contributed by atoms with Crippen molar-refractivity contribution in [3.8, 4) is 23.0 Å². The Kier molecular flexibility index (Phi) is 8.99. The van der Waals surface area contributed by atoms with Crippen LogP contribution >= 0.6 is 0 Å². The Morgan fingerprint density at radius 1 is 0.833 bits per heavy atom. The molecule has 0 bridgehead atoms. The molecule has 10 nitrogen and oxygen atoms in total. The van der Waals surface area contributed by atoms with Gasteiger partial charge in [-0.3, -0.25) is 9.59 Å². The average molecular weight is 492 g/mol. The molecule has 0 aliphatic heterocycles. The average Bonchev–Trinajstić information content (AvgIpc) is 2.90. The molecule has 0 radical (unpaired) electrons. The van der Waals surface area contributed by atoms with Crippen molar-refractivity contribution in [2.24, 2.45) is 5.10 Å². The Morgan fingerprint density at radius 3 is 2.08 bits per heavy atom. The molecule has 186 valence electrons. The molecule has 3 aromatic rings. The zero-order valence-corrected chi connectivity index (χ0v) is 19.9. The van der Waals surface area contributed by atoms with Gasteiger partial charge in [0.2, 0.25) is 0 Å². The van der Waals surface area contributed by atoms with Crippen LogP contribution in [0.5, 0.6) is 23.0 Å². The maximum absolute atomic E-state index is 12.5. The van der Waals surface area contributed by atoms with E-state index in [1.165, 1.54) is 20.4 Å². The van der Waals surface area contributed by atoms with Crippen LogP contribution < -0.4 is 29.7 Å². The molecule has 3 aromatic carbocycles. The number of anilines is 1. The van der Waals surface area contributed by atoms with E-state index >= 15 is 0 Å². The maximum atomic E-state index is 12.5. The highest BCUT2D eigenvalue weighted by Gasteiger charge is 2.15. The lowest BCUT2D eigenvalue weighted by Crippen LogP contribution is -2.32. The SMILES string of the molecule is CCOc1cc(C=NNC(=O)C(=O)Nc2ccc(OC)cc2)ccc1OC(=O)c1ccc(OC)cc1. The van der Waals surface area contributed by atoms with Gasteiger partial charge in [-0.25, -0.2) is 10.2 Å². The fourth-order valence-electron chi connectivity index (χ4n) is 2.92. The number of methoxy groups -OCH3 is 2. The molecule has 0 saturated carbocycles. The van der Waals surface area contributed by atoms with Crippen LogP contribution in [0, 0.1) is 0 Å². The van der Waals surface area contributed by atoms with E-state index in [1.54, 1.807) is 73.7 Å². The summed E-state index contributed by atoms with van der Waals surface area (Å²) in [6.07, 6.45) is 1.33. The number of hydrogen-bond acceptors (Lipinski definition) is 8. The largest absolute Gasteiger partial charge is 0.497 e. The van der Waals surface area contributed by atoms with Gasteiger partial charge >= 0.3 is 17.8 Å². The van der Waals surface area contributed by atoms with Crippen LogP contribution in [0.15, 0.2) is 71.8 Å². The van der Waals surface area contributed by atoms with Crippen LogP contribution in [-0.2, 0) is 9.59 Å². The quantitative estimate of drug-likeness (QED) is 0.155. The van der Waals surface area contributed by atoms with Gasteiger partial charge in [0.05, 0.1) is 32.6 Å². The van der Waals surface area contributed by atoms with E-state index in [4.69, 9.17) is 18.9 Å². The van der Waals surface area contributed by atoms with Crippen molar-refractivity contribution in [3.63, 3.8) is 0 Å². The molecule has 0 heterocycles. The van der Waals surface area contributed by atoms with Crippen LogP contribution in [0.3, 0.4) is 0 Å². The van der Waals surface area contributed by atoms with Gasteiger partial charge in [0.1, 0.15) is 11.5 Å². The summed E-state index contributed by atoms with van der Waals surface area (Å²) in [7, 11) is 3.06. The highest BCUT2D eigenvalue weighted by atomic mass is 16.6. The molecular weight excluding hydrogens is 466 g/mol. The third-order valence-electron chi connectivity index (χ3n) is 4.73. The fraction of sp³-hybridized carbons (Fsp3) is 0.154. The molecule has 2 amide bonds. The first-order valence-electron chi connectivity index (χ1n) is 10.8. The number of ether oxygens (including phenoxy) is 4. The number of rotatable bonds is 9. The van der Waals surface area contributed by atoms with Crippen LogP contribution in [0.1, 0.15) is 22.8 Å². The minimum absolute atomic E-state index is 0.220. The number of carbonyl (C=O) groups is 3. The second kappa shape index (κ2) is 12.6. The number of esters is 1. The molecule has 0 unspecified atom stereocenters. The highest BCUT2D eigenvalue weighted by molar-refractivity contribution is 6.39. The molecule has 3 rings (SSSR count). The second-order valence-electron chi connectivity index (χ2n) is 7.14. The lowest BCUT2D eigenvalue weighted by molar-refractivity contribution is -0.136. The van der Waals surface area contributed by atoms with Crippen LogP contribution in [0.4, 0.5) is 5.69 Å². The standard InChI is InChI=1S/C26H25N3O7/c1-4-35-23-15-17(5-14-22(23)36-26(32)18-6-10-20(33-2)11-7-18)16-27-29-25(31)24(30)28-19-8-12-21(34-3)13-9-19/h5-16H,4H2,1-3H3,(H,28,30)(H,29,31). The smallest absolute Gasteiger partial charge is 0.343 e. The zero-order chi connectivity index (χ0) is 25.9. The summed E-state index contributed by atoms with van der Waals surface area (Å²) in [5, 5.41) is 6.26. The van der Waals surface area contributed by atoms with Crippen LogP contribution in [0.25, 0.3) is 0 Å². The van der Waals surface area contributed by atoms with Crippen molar-refractivity contribution in [3.05, 3.63) is 77.9 Å². The number of benzene rings is 3. The van der Waals surface area contributed by atoms with E-state index in [0.29, 0.717) is 40.7 Å². The Balaban J connectivity index is 1.61. The molecule has 0 fully saturated rings. The first-order valence-corrected chi connectivity index (χ1v) is 10.8. The monoisotopic (exact) mass is 491 g/mol. The van der Waals surface area contributed by atoms with Crippen LogP contribution in [0.2, 0.25) is 0 Å². The number of amides is 2. The van der Waals surface area contributed by atoms with Crippen molar-refractivity contribution in [1.82, 2.24) is 5.43 Å². The summed E-state index contributed by atoms with van der Waals surface area (Å²) in [5.74, 6) is -0.615. The second-order valence-corrected chi connectivity index (χ2v) is 7.14. The number of nitrogens with one attached hydrogen (secondary N) is 2. The Bertz CT molecular complexity index is 1240. The van der Waals surface area contributed by atoms with Gasteiger partial charge in [0, 0.05) is 5.69 Å². The lowest BCUT2D eigenvalue weighted by atomic mass is 10.2. The summed E-state index contributed by atoms with van der Waals surface area (Å²) in [6, 6.07) is 17.8. The minimum Gasteiger partial charge on any atom is -0.497 e. The molecule has 2 N–H and O–H groups in total. The summed E-state index contributed by atoms with van der Waals surface area (Å²) in [5.41, 5.74) is 3.48. The third kappa shape index (κ3) is 7.07. The summed E-state index contributed by atoms with van der Waals surface area (Å²) < 4.78 is 21.2. The molecule has 36 heavy (non-hydrogen) atoms. The molecule has 0 saturated heterocycles. The molecule has 0 aromatic heterocycles. The third-order valence-corrected chi connectivity index (χ3v) is 4.73. The first-order chi connectivity index (χ1) is 17.4. The van der Waals surface area contributed by atoms with Crippen molar-refractivity contribution in [2.75, 3.05) is 26.1 Å². The maximum Gasteiger partial charge on any atom is 0.343 e. The predicted molar refractivity (Wildman–Crippen MR) is 133 cm³/mol. The Hall–Kier alpha value is -4.86. The van der Waals surface area contributed by atoms with E-state index in [0.717, 1.165) is 0 Å². The zero-order valence-electron chi connectivity index (χ0n) is 19.9. The number of hydrazone groups is 1. The van der Waals surface area contributed by atoms with Crippen molar-refractivity contribution >= 4 is 29.7 Å². The topological polar surface area (TPSA) is 125 Å². The summed E-state index contributed by atoms with van der Waals surface area (Å²) in [4.78, 5) is 36.6. The summed E-state index contributed by atoms with van der Waals surface area (Å²) in [6.45, 7) is 2.12. The van der Waals surface area contributed by atoms with Gasteiger partial charge in [-0.2, -0.15) is 5.10 Å². The van der Waals surface area contributed by atoms with E-state index in [9.17, 15) is 14.4 Å². The van der Waals surface area contributed by atoms with Gasteiger partial charge in [-0.05, 0) is 79.2 Å². The fourth-order valence-corrected chi connectivity index (χ4v) is 2.92. The number of carbonyl (C=O) groups excluding carboxylic acids is 3. The molecular formula is C26H25N3O7. The highest BCUT2D eigenvalue weighted by Crippen LogP contribution is 2.29. The van der Waals surface area contributed by atoms with Crippen LogP contribution in [-0.4, -0.2) is 44.8 Å². The number of hydrogen-bond donors (Lipinski definition) is 2. The molecule has 0 atom stereocenters. The molecule has 10 heteroatoms. The molecule has 0 aliphatic rings. The van der Waals surface area contributed by atoms with Gasteiger partial charge in [0.15, 0.2) is 11.5 Å². The number of nitrogens with zero attached hydrogens (tertiary/aromatic N) is 1. The van der Waals surface area contributed by atoms with Gasteiger partial charge in [-0.15, -0.1) is 0 Å². The van der Waals surface area contributed by atoms with E-state index in [1.807, 2.05) is 0 Å². The van der Waals surface area contributed by atoms with E-state index in [-0.39, 0.29) is 5.75 Å². The van der Waals surface area contributed by atoms with Gasteiger partial charge < -0.3 is 24.3 Å². The van der Waals surface area contributed by atoms with E-state index < -0.39 is 17.8 Å². The molecule has 0 aliphatic carbocycles. The van der Waals surface area contributed by atoms with Gasteiger partial charge in [-0.1, -0.05) is 0 Å². The minimum atomic E-state index is -0.947. The van der Waals surface area contributed by atoms with Gasteiger partial charge in [0.25, 0.3) is 0 Å². The summed E-state index contributed by atoms with van der Waals surface area (Å²) >= 11 is 0. The van der Waals surface area contributed by atoms with Crippen molar-refractivity contribution in [2.45, 2.75) is 6.92 Å². The predicted octanol–water partition coefficient (Wildman–Crippen LogP) is 3.41. The Morgan fingerprint density at radius 2 is 1.47 bits per heavy atom. The Labute approximate surface area is 207 Å².